The van der Waals surface area contributed by atoms with Gasteiger partial charge in [-0.2, -0.15) is 0 Å². The second kappa shape index (κ2) is 6.25. The molecule has 2 saturated carbocycles. The Hall–Kier alpha value is -0.570. The maximum absolute atomic E-state index is 12.0. The first kappa shape index (κ1) is 14.8. The summed E-state index contributed by atoms with van der Waals surface area (Å²) in [5.41, 5.74) is 0.291. The van der Waals surface area contributed by atoms with E-state index in [1.54, 1.807) is 0 Å². The van der Waals surface area contributed by atoms with E-state index in [0.717, 1.165) is 18.9 Å². The molecule has 110 valence electrons. The van der Waals surface area contributed by atoms with Gasteiger partial charge in [-0.3, -0.25) is 4.79 Å². The molecule has 0 saturated heterocycles. The molecule has 2 fully saturated rings. The fourth-order valence-electron chi connectivity index (χ4n) is 3.31. The number of carbonyl (C=O) groups is 1. The number of amides is 1. The minimum absolute atomic E-state index is 0.182. The molecular formula is C16H30N2O. The molecule has 2 rings (SSSR count). The van der Waals surface area contributed by atoms with Crippen molar-refractivity contribution in [2.75, 3.05) is 13.1 Å². The molecule has 2 unspecified atom stereocenters. The van der Waals surface area contributed by atoms with Crippen LogP contribution >= 0.6 is 0 Å². The van der Waals surface area contributed by atoms with E-state index >= 15 is 0 Å². The summed E-state index contributed by atoms with van der Waals surface area (Å²) >= 11 is 0. The summed E-state index contributed by atoms with van der Waals surface area (Å²) in [5, 5.41) is 6.55. The van der Waals surface area contributed by atoms with Crippen LogP contribution in [0.25, 0.3) is 0 Å². The van der Waals surface area contributed by atoms with Crippen molar-refractivity contribution < 1.29 is 4.79 Å². The van der Waals surface area contributed by atoms with Gasteiger partial charge in [0.15, 0.2) is 0 Å². The van der Waals surface area contributed by atoms with Crippen LogP contribution in [-0.4, -0.2) is 25.0 Å². The van der Waals surface area contributed by atoms with E-state index in [4.69, 9.17) is 0 Å². The van der Waals surface area contributed by atoms with Crippen LogP contribution < -0.4 is 10.6 Å². The fraction of sp³-hybridized carbons (Fsp3) is 0.938. The van der Waals surface area contributed by atoms with Crippen LogP contribution in [0.15, 0.2) is 0 Å². The van der Waals surface area contributed by atoms with Gasteiger partial charge in [-0.1, -0.05) is 33.6 Å². The van der Waals surface area contributed by atoms with Gasteiger partial charge in [-0.25, -0.2) is 0 Å². The van der Waals surface area contributed by atoms with Gasteiger partial charge in [0.1, 0.15) is 0 Å². The maximum atomic E-state index is 12.0. The second-order valence-electron chi connectivity index (χ2n) is 7.51. The van der Waals surface area contributed by atoms with Gasteiger partial charge in [0.25, 0.3) is 0 Å². The molecule has 19 heavy (non-hydrogen) atoms. The molecule has 1 amide bonds. The van der Waals surface area contributed by atoms with Crippen molar-refractivity contribution in [1.29, 1.82) is 0 Å². The predicted octanol–water partition coefficient (Wildman–Crippen LogP) is 2.71. The van der Waals surface area contributed by atoms with Crippen molar-refractivity contribution in [1.82, 2.24) is 10.6 Å². The highest BCUT2D eigenvalue weighted by Gasteiger charge is 2.34. The minimum atomic E-state index is 0.182. The zero-order valence-corrected chi connectivity index (χ0v) is 12.8. The van der Waals surface area contributed by atoms with Crippen LogP contribution in [-0.2, 0) is 4.79 Å². The average Bonchev–Trinajstić information content (AvgIpc) is 3.12. The Morgan fingerprint density at radius 1 is 1.11 bits per heavy atom. The Bertz CT molecular complexity index is 304. The normalized spacial score (nSPS) is 28.2. The molecule has 2 atom stereocenters. The third-order valence-electron chi connectivity index (χ3n) is 4.64. The van der Waals surface area contributed by atoms with Gasteiger partial charge in [0.2, 0.25) is 5.91 Å². The van der Waals surface area contributed by atoms with Gasteiger partial charge in [-0.05, 0) is 49.5 Å². The van der Waals surface area contributed by atoms with E-state index in [9.17, 15) is 4.79 Å². The fourth-order valence-corrected chi connectivity index (χ4v) is 3.31. The van der Waals surface area contributed by atoms with Gasteiger partial charge in [-0.15, -0.1) is 0 Å². The molecule has 0 radical (unpaired) electrons. The number of carbonyl (C=O) groups excluding carboxylic acids is 1. The molecule has 2 N–H and O–H groups in total. The second-order valence-corrected chi connectivity index (χ2v) is 7.51. The minimum Gasteiger partial charge on any atom is -0.352 e. The Kier molecular flexibility index (Phi) is 4.88. The summed E-state index contributed by atoms with van der Waals surface area (Å²) < 4.78 is 0. The monoisotopic (exact) mass is 266 g/mol. The molecule has 0 spiro atoms. The quantitative estimate of drug-likeness (QED) is 0.803. The molecule has 0 aromatic rings. The Balaban J connectivity index is 1.75. The predicted molar refractivity (Wildman–Crippen MR) is 78.9 cm³/mol. The van der Waals surface area contributed by atoms with Crippen molar-refractivity contribution in [2.45, 2.75) is 65.3 Å². The molecule has 0 bridgehead atoms. The maximum Gasteiger partial charge on any atom is 0.234 e. The highest BCUT2D eigenvalue weighted by molar-refractivity contribution is 5.78. The van der Waals surface area contributed by atoms with Gasteiger partial charge >= 0.3 is 0 Å². The van der Waals surface area contributed by atoms with Crippen LogP contribution in [0.1, 0.15) is 59.3 Å². The molecule has 3 nitrogen and oxygen atoms in total. The van der Waals surface area contributed by atoms with Crippen LogP contribution in [0.2, 0.25) is 0 Å². The van der Waals surface area contributed by atoms with E-state index < -0.39 is 0 Å². The third kappa shape index (κ3) is 4.79. The smallest absolute Gasteiger partial charge is 0.234 e. The van der Waals surface area contributed by atoms with E-state index in [1.807, 2.05) is 0 Å². The molecule has 2 aliphatic rings. The lowest BCUT2D eigenvalue weighted by Crippen LogP contribution is -2.49. The first-order valence-corrected chi connectivity index (χ1v) is 7.97. The third-order valence-corrected chi connectivity index (χ3v) is 4.64. The van der Waals surface area contributed by atoms with E-state index in [0.29, 0.717) is 23.9 Å². The van der Waals surface area contributed by atoms with E-state index in [1.165, 1.54) is 32.1 Å². The van der Waals surface area contributed by atoms with Crippen molar-refractivity contribution in [3.63, 3.8) is 0 Å². The summed E-state index contributed by atoms with van der Waals surface area (Å²) in [6, 6.07) is 0.379. The highest BCUT2D eigenvalue weighted by atomic mass is 16.2. The van der Waals surface area contributed by atoms with Gasteiger partial charge in [0, 0.05) is 6.04 Å². The lowest BCUT2D eigenvalue weighted by molar-refractivity contribution is -0.121. The molecule has 2 aliphatic carbocycles. The van der Waals surface area contributed by atoms with Crippen molar-refractivity contribution in [3.05, 3.63) is 0 Å². The highest BCUT2D eigenvalue weighted by Crippen LogP contribution is 2.37. The zero-order chi connectivity index (χ0) is 13.9. The Labute approximate surface area is 117 Å². The summed E-state index contributed by atoms with van der Waals surface area (Å²) in [6.07, 6.45) is 7.65. The van der Waals surface area contributed by atoms with Crippen molar-refractivity contribution in [3.8, 4) is 0 Å². The largest absolute Gasteiger partial charge is 0.352 e. The number of rotatable bonds is 5. The van der Waals surface area contributed by atoms with Crippen LogP contribution in [0.3, 0.4) is 0 Å². The van der Waals surface area contributed by atoms with Crippen LogP contribution in [0, 0.1) is 17.3 Å². The SMILES string of the molecule is CC(C)(C)C1CCCCC1NC(=O)CNCC1CC1. The summed E-state index contributed by atoms with van der Waals surface area (Å²) in [4.78, 5) is 12.0. The van der Waals surface area contributed by atoms with E-state index in [-0.39, 0.29) is 5.91 Å². The Morgan fingerprint density at radius 2 is 1.79 bits per heavy atom. The molecule has 0 aromatic carbocycles. The van der Waals surface area contributed by atoms with Crippen LogP contribution in [0.5, 0.6) is 0 Å². The standard InChI is InChI=1S/C16H30N2O/c1-16(2,3)13-6-4-5-7-14(13)18-15(19)11-17-10-12-8-9-12/h12-14,17H,4-11H2,1-3H3,(H,18,19). The Morgan fingerprint density at radius 3 is 2.42 bits per heavy atom. The lowest BCUT2D eigenvalue weighted by Gasteiger charge is -2.40. The van der Waals surface area contributed by atoms with Crippen molar-refractivity contribution in [2.24, 2.45) is 17.3 Å². The topological polar surface area (TPSA) is 41.1 Å². The first-order chi connectivity index (χ1) is 8.97. The molecular weight excluding hydrogens is 236 g/mol. The van der Waals surface area contributed by atoms with Gasteiger partial charge in [0.05, 0.1) is 6.54 Å². The van der Waals surface area contributed by atoms with Gasteiger partial charge < -0.3 is 10.6 Å². The molecule has 0 heterocycles. The van der Waals surface area contributed by atoms with Crippen LogP contribution in [0.4, 0.5) is 0 Å². The summed E-state index contributed by atoms with van der Waals surface area (Å²) in [7, 11) is 0. The number of hydrogen-bond donors (Lipinski definition) is 2. The average molecular weight is 266 g/mol. The van der Waals surface area contributed by atoms with E-state index in [2.05, 4.69) is 31.4 Å². The van der Waals surface area contributed by atoms with Crippen molar-refractivity contribution >= 4 is 5.91 Å². The number of nitrogens with one attached hydrogen (secondary N) is 2. The number of hydrogen-bond acceptors (Lipinski definition) is 2. The zero-order valence-electron chi connectivity index (χ0n) is 12.8. The molecule has 0 aromatic heterocycles. The lowest BCUT2D eigenvalue weighted by atomic mass is 9.69. The molecule has 3 heteroatoms. The molecule has 0 aliphatic heterocycles. The summed E-state index contributed by atoms with van der Waals surface area (Å²) in [5.74, 6) is 1.64. The summed E-state index contributed by atoms with van der Waals surface area (Å²) in [6.45, 7) is 8.40. The first-order valence-electron chi connectivity index (χ1n) is 7.97.